The minimum Gasteiger partial charge on any atom is -0.392 e. The van der Waals surface area contributed by atoms with Crippen molar-refractivity contribution in [2.24, 2.45) is 0 Å². The van der Waals surface area contributed by atoms with Crippen molar-refractivity contribution >= 4 is 5.82 Å². The van der Waals surface area contributed by atoms with Crippen molar-refractivity contribution in [2.75, 3.05) is 5.73 Å². The fourth-order valence-corrected chi connectivity index (χ4v) is 0.859. The van der Waals surface area contributed by atoms with E-state index >= 15 is 0 Å². The third-order valence-electron chi connectivity index (χ3n) is 1.22. The molecule has 0 bridgehead atoms. The normalized spacial score (nSPS) is 9.80. The number of hydrogen-bond donors (Lipinski definition) is 2. The Morgan fingerprint density at radius 1 is 1.60 bits per heavy atom. The number of aryl methyl sites for hydroxylation is 1. The number of nitrogen functional groups attached to an aromatic ring is 1. The van der Waals surface area contributed by atoms with Crippen molar-refractivity contribution < 1.29 is 5.11 Å². The van der Waals surface area contributed by atoms with E-state index in [1.165, 1.54) is 0 Å². The van der Waals surface area contributed by atoms with Crippen LogP contribution in [-0.4, -0.2) is 10.1 Å². The summed E-state index contributed by atoms with van der Waals surface area (Å²) in [5, 5.41) is 8.70. The first-order valence-electron chi connectivity index (χ1n) is 3.06. The van der Waals surface area contributed by atoms with Gasteiger partial charge in [-0.15, -0.1) is 0 Å². The van der Waals surface area contributed by atoms with Gasteiger partial charge in [0, 0.05) is 5.69 Å². The van der Waals surface area contributed by atoms with Crippen molar-refractivity contribution in [3.63, 3.8) is 0 Å². The average molecular weight is 138 g/mol. The number of rotatable bonds is 1. The van der Waals surface area contributed by atoms with Gasteiger partial charge in [-0.25, -0.2) is 4.98 Å². The number of aromatic nitrogens is 1. The first-order chi connectivity index (χ1) is 4.72. The van der Waals surface area contributed by atoms with E-state index in [-0.39, 0.29) is 6.61 Å². The second-order valence-electron chi connectivity index (χ2n) is 2.20. The maximum atomic E-state index is 8.70. The maximum Gasteiger partial charge on any atom is 0.123 e. The Labute approximate surface area is 59.5 Å². The third-order valence-corrected chi connectivity index (χ3v) is 1.22. The minimum absolute atomic E-state index is 0.0214. The van der Waals surface area contributed by atoms with Crippen LogP contribution in [0.1, 0.15) is 11.3 Å². The van der Waals surface area contributed by atoms with Crippen molar-refractivity contribution in [1.29, 1.82) is 0 Å². The molecule has 0 saturated heterocycles. The molecule has 0 radical (unpaired) electrons. The Hall–Kier alpha value is -1.09. The van der Waals surface area contributed by atoms with Crippen LogP contribution in [0, 0.1) is 6.92 Å². The van der Waals surface area contributed by atoms with E-state index in [1.54, 1.807) is 12.1 Å². The van der Waals surface area contributed by atoms with Gasteiger partial charge in [0.2, 0.25) is 0 Å². The first-order valence-corrected chi connectivity index (χ1v) is 3.06. The molecule has 0 spiro atoms. The highest BCUT2D eigenvalue weighted by molar-refractivity contribution is 5.34. The summed E-state index contributed by atoms with van der Waals surface area (Å²) in [6.07, 6.45) is 0. The molecule has 0 aliphatic carbocycles. The van der Waals surface area contributed by atoms with Gasteiger partial charge >= 0.3 is 0 Å². The summed E-state index contributed by atoms with van der Waals surface area (Å²) in [6.45, 7) is 1.86. The standard InChI is InChI=1S/C7H10N2O/c1-5-2-6(4-10)3-7(8)9-5/h2-3,10H,4H2,1H3,(H2,8,9). The maximum absolute atomic E-state index is 8.70. The van der Waals surface area contributed by atoms with E-state index in [0.717, 1.165) is 11.3 Å². The first kappa shape index (κ1) is 7.02. The second-order valence-corrected chi connectivity index (χ2v) is 2.20. The van der Waals surface area contributed by atoms with Crippen molar-refractivity contribution in [1.82, 2.24) is 4.98 Å². The van der Waals surface area contributed by atoms with Gasteiger partial charge in [-0.05, 0) is 24.6 Å². The van der Waals surface area contributed by atoms with Crippen LogP contribution < -0.4 is 5.73 Å². The van der Waals surface area contributed by atoms with E-state index in [4.69, 9.17) is 10.8 Å². The fraction of sp³-hybridized carbons (Fsp3) is 0.286. The van der Waals surface area contributed by atoms with Gasteiger partial charge in [0.25, 0.3) is 0 Å². The zero-order valence-corrected chi connectivity index (χ0v) is 5.83. The van der Waals surface area contributed by atoms with Gasteiger partial charge in [-0.1, -0.05) is 0 Å². The predicted octanol–water partition coefficient (Wildman–Crippen LogP) is 0.465. The molecule has 0 amide bonds. The predicted molar refractivity (Wildman–Crippen MR) is 39.3 cm³/mol. The lowest BCUT2D eigenvalue weighted by Crippen LogP contribution is -1.94. The molecule has 0 fully saturated rings. The van der Waals surface area contributed by atoms with Gasteiger partial charge in [-0.3, -0.25) is 0 Å². The lowest BCUT2D eigenvalue weighted by atomic mass is 10.2. The molecule has 10 heavy (non-hydrogen) atoms. The smallest absolute Gasteiger partial charge is 0.123 e. The summed E-state index contributed by atoms with van der Waals surface area (Å²) in [4.78, 5) is 3.95. The Bertz CT molecular complexity index is 215. The summed E-state index contributed by atoms with van der Waals surface area (Å²) >= 11 is 0. The molecule has 0 aliphatic rings. The molecule has 3 nitrogen and oxygen atoms in total. The van der Waals surface area contributed by atoms with Crippen LogP contribution in [0.15, 0.2) is 12.1 Å². The Morgan fingerprint density at radius 2 is 2.30 bits per heavy atom. The van der Waals surface area contributed by atoms with Crippen LogP contribution in [0.2, 0.25) is 0 Å². The van der Waals surface area contributed by atoms with Crippen molar-refractivity contribution in [2.45, 2.75) is 13.5 Å². The third kappa shape index (κ3) is 1.45. The number of nitrogens with two attached hydrogens (primary N) is 1. The summed E-state index contributed by atoms with van der Waals surface area (Å²) in [5.41, 5.74) is 7.06. The van der Waals surface area contributed by atoms with Crippen LogP contribution in [0.5, 0.6) is 0 Å². The molecule has 1 aromatic rings. The molecular formula is C7H10N2O. The molecule has 1 rings (SSSR count). The summed E-state index contributed by atoms with van der Waals surface area (Å²) in [7, 11) is 0. The molecule has 1 heterocycles. The van der Waals surface area contributed by atoms with E-state index in [0.29, 0.717) is 5.82 Å². The quantitative estimate of drug-likeness (QED) is 0.592. The zero-order valence-electron chi connectivity index (χ0n) is 5.83. The average Bonchev–Trinajstić information content (AvgIpc) is 1.85. The molecule has 0 unspecified atom stereocenters. The summed E-state index contributed by atoms with van der Waals surface area (Å²) in [6, 6.07) is 3.46. The Morgan fingerprint density at radius 3 is 2.80 bits per heavy atom. The Balaban J connectivity index is 3.06. The fourth-order valence-electron chi connectivity index (χ4n) is 0.859. The Kier molecular flexibility index (Phi) is 1.87. The summed E-state index contributed by atoms with van der Waals surface area (Å²) in [5.74, 6) is 0.462. The molecule has 0 aliphatic heterocycles. The number of pyridine rings is 1. The van der Waals surface area contributed by atoms with Crippen LogP contribution >= 0.6 is 0 Å². The molecule has 3 heteroatoms. The molecule has 0 saturated carbocycles. The second kappa shape index (κ2) is 2.66. The van der Waals surface area contributed by atoms with Gasteiger partial charge in [-0.2, -0.15) is 0 Å². The lowest BCUT2D eigenvalue weighted by Gasteiger charge is -1.98. The highest BCUT2D eigenvalue weighted by atomic mass is 16.3. The number of aliphatic hydroxyl groups excluding tert-OH is 1. The largest absolute Gasteiger partial charge is 0.392 e. The molecule has 54 valence electrons. The molecule has 0 aromatic carbocycles. The minimum atomic E-state index is 0.0214. The van der Waals surface area contributed by atoms with Gasteiger partial charge in [0.15, 0.2) is 0 Å². The van der Waals surface area contributed by atoms with Crippen LogP contribution in [-0.2, 0) is 6.61 Å². The topological polar surface area (TPSA) is 59.1 Å². The van der Waals surface area contributed by atoms with Crippen molar-refractivity contribution in [3.8, 4) is 0 Å². The van der Waals surface area contributed by atoms with Gasteiger partial charge in [0.05, 0.1) is 6.61 Å². The van der Waals surface area contributed by atoms with Crippen molar-refractivity contribution in [3.05, 3.63) is 23.4 Å². The monoisotopic (exact) mass is 138 g/mol. The van der Waals surface area contributed by atoms with E-state index in [1.807, 2.05) is 6.92 Å². The van der Waals surface area contributed by atoms with E-state index in [2.05, 4.69) is 4.98 Å². The lowest BCUT2D eigenvalue weighted by molar-refractivity contribution is 0.281. The van der Waals surface area contributed by atoms with Gasteiger partial charge < -0.3 is 10.8 Å². The number of anilines is 1. The molecule has 1 aromatic heterocycles. The van der Waals surface area contributed by atoms with E-state index in [9.17, 15) is 0 Å². The SMILES string of the molecule is Cc1cc(CO)cc(N)n1. The molecule has 3 N–H and O–H groups in total. The highest BCUT2D eigenvalue weighted by Crippen LogP contribution is 2.05. The number of hydrogen-bond acceptors (Lipinski definition) is 3. The summed E-state index contributed by atoms with van der Waals surface area (Å²) < 4.78 is 0. The zero-order chi connectivity index (χ0) is 7.56. The highest BCUT2D eigenvalue weighted by Gasteiger charge is 1.93. The number of aliphatic hydroxyl groups is 1. The van der Waals surface area contributed by atoms with Gasteiger partial charge in [0.1, 0.15) is 5.82 Å². The van der Waals surface area contributed by atoms with Crippen LogP contribution in [0.25, 0.3) is 0 Å². The van der Waals surface area contributed by atoms with Crippen LogP contribution in [0.3, 0.4) is 0 Å². The molecule has 0 atom stereocenters. The van der Waals surface area contributed by atoms with Crippen LogP contribution in [0.4, 0.5) is 5.82 Å². The number of nitrogens with zero attached hydrogens (tertiary/aromatic N) is 1. The molecular weight excluding hydrogens is 128 g/mol. The van der Waals surface area contributed by atoms with E-state index < -0.39 is 0 Å².